The van der Waals surface area contributed by atoms with E-state index in [2.05, 4.69) is 15.2 Å². The summed E-state index contributed by atoms with van der Waals surface area (Å²) < 4.78 is 0. The first-order valence-corrected chi connectivity index (χ1v) is 5.62. The number of carbonyl (C=O) groups excluding carboxylic acids is 1. The number of aromatic amines is 1. The second-order valence-corrected chi connectivity index (χ2v) is 3.79. The highest BCUT2D eigenvalue weighted by molar-refractivity contribution is 5.91. The Balaban J connectivity index is 2.02. The van der Waals surface area contributed by atoms with E-state index in [9.17, 15) is 25.0 Å². The summed E-state index contributed by atoms with van der Waals surface area (Å²) in [5.74, 6) is -2.00. The molecule has 0 fully saturated rings. The Morgan fingerprint density at radius 1 is 1.32 bits per heavy atom. The number of aromatic nitrogens is 3. The number of carbonyl (C=O) groups is 1. The van der Waals surface area contributed by atoms with E-state index in [1.165, 1.54) is 24.4 Å². The van der Waals surface area contributed by atoms with Crippen molar-refractivity contribution >= 4 is 23.8 Å². The van der Waals surface area contributed by atoms with Crippen molar-refractivity contribution < 1.29 is 14.6 Å². The fourth-order valence-corrected chi connectivity index (χ4v) is 1.37. The minimum Gasteiger partial charge on any atom is -0.390 e. The van der Waals surface area contributed by atoms with Crippen molar-refractivity contribution in [1.82, 2.24) is 20.6 Å². The molecule has 2 N–H and O–H groups in total. The largest absolute Gasteiger partial charge is 0.454 e. The van der Waals surface area contributed by atoms with Crippen LogP contribution in [0.2, 0.25) is 0 Å². The van der Waals surface area contributed by atoms with Gasteiger partial charge in [-0.25, -0.2) is 5.43 Å². The minimum absolute atomic E-state index is 0.125. The zero-order chi connectivity index (χ0) is 16.1. The average Bonchev–Trinajstić information content (AvgIpc) is 2.97. The summed E-state index contributed by atoms with van der Waals surface area (Å²) in [6.45, 7) is 0. The van der Waals surface area contributed by atoms with Gasteiger partial charge >= 0.3 is 17.7 Å². The summed E-state index contributed by atoms with van der Waals surface area (Å²) >= 11 is 0. The molecule has 2 rings (SSSR count). The number of hydrogen-bond acceptors (Lipinski definition) is 8. The quantitative estimate of drug-likeness (QED) is 0.457. The number of hydrogen-bond donors (Lipinski definition) is 2. The Labute approximate surface area is 121 Å². The molecule has 0 aliphatic heterocycles. The van der Waals surface area contributed by atoms with Gasteiger partial charge in [-0.3, -0.25) is 14.9 Å². The van der Waals surface area contributed by atoms with Gasteiger partial charge in [0.2, 0.25) is 0 Å². The van der Waals surface area contributed by atoms with Gasteiger partial charge in [0.15, 0.2) is 0 Å². The molecule has 0 saturated carbocycles. The highest BCUT2D eigenvalue weighted by Crippen LogP contribution is 2.11. The molecule has 0 bridgehead atoms. The lowest BCUT2D eigenvalue weighted by Crippen LogP contribution is -2.19. The number of non-ortho nitro benzene ring substituents is 1. The second kappa shape index (κ2) is 6.17. The Morgan fingerprint density at radius 3 is 2.73 bits per heavy atom. The molecule has 0 saturated heterocycles. The summed E-state index contributed by atoms with van der Waals surface area (Å²) in [5, 5.41) is 29.8. The predicted octanol–water partition coefficient (Wildman–Crippen LogP) is 0.385. The number of nitrogens with one attached hydrogen (secondary N) is 2. The molecule has 0 unspecified atom stereocenters. The Bertz CT molecular complexity index is 769. The van der Waals surface area contributed by atoms with Gasteiger partial charge in [0, 0.05) is 17.7 Å². The van der Waals surface area contributed by atoms with Gasteiger partial charge in [-0.2, -0.15) is 5.10 Å². The van der Waals surface area contributed by atoms with E-state index in [-0.39, 0.29) is 5.69 Å². The van der Waals surface area contributed by atoms with Crippen LogP contribution in [0.25, 0.3) is 0 Å². The van der Waals surface area contributed by atoms with Crippen LogP contribution < -0.4 is 5.43 Å². The highest BCUT2D eigenvalue weighted by atomic mass is 16.6. The zero-order valence-corrected chi connectivity index (χ0v) is 10.7. The predicted molar refractivity (Wildman–Crippen MR) is 71.2 cm³/mol. The topological polar surface area (TPSA) is 169 Å². The molecule has 0 aliphatic rings. The summed E-state index contributed by atoms with van der Waals surface area (Å²) in [6.07, 6.45) is 1.17. The molecule has 0 atom stereocenters. The smallest absolute Gasteiger partial charge is 0.390 e. The van der Waals surface area contributed by atoms with Crippen LogP contribution in [0.1, 0.15) is 16.2 Å². The summed E-state index contributed by atoms with van der Waals surface area (Å²) in [4.78, 5) is 34.4. The maximum absolute atomic E-state index is 11.5. The van der Waals surface area contributed by atoms with Gasteiger partial charge in [-0.05, 0) is 9.91 Å². The van der Waals surface area contributed by atoms with Gasteiger partial charge in [0.25, 0.3) is 5.69 Å². The Morgan fingerprint density at radius 2 is 2.09 bits per heavy atom. The van der Waals surface area contributed by atoms with Gasteiger partial charge in [0.1, 0.15) is 0 Å². The molecule has 0 radical (unpaired) electrons. The molecular formula is C10H7N7O5. The van der Waals surface area contributed by atoms with Crippen LogP contribution in [-0.4, -0.2) is 37.1 Å². The van der Waals surface area contributed by atoms with Crippen molar-refractivity contribution in [3.63, 3.8) is 0 Å². The summed E-state index contributed by atoms with van der Waals surface area (Å²) in [6, 6.07) is 5.57. The van der Waals surface area contributed by atoms with Gasteiger partial charge in [-0.1, -0.05) is 17.2 Å². The van der Waals surface area contributed by atoms with Crippen LogP contribution >= 0.6 is 0 Å². The van der Waals surface area contributed by atoms with E-state index >= 15 is 0 Å². The van der Waals surface area contributed by atoms with E-state index < -0.39 is 27.5 Å². The number of nitro benzene ring substituents is 1. The minimum atomic E-state index is -0.869. The van der Waals surface area contributed by atoms with Crippen LogP contribution in [0.15, 0.2) is 29.4 Å². The number of amides is 1. The molecule has 1 amide bonds. The lowest BCUT2D eigenvalue weighted by atomic mass is 10.2. The molecule has 22 heavy (non-hydrogen) atoms. The van der Waals surface area contributed by atoms with Crippen molar-refractivity contribution in [3.05, 3.63) is 55.9 Å². The van der Waals surface area contributed by atoms with E-state index in [1.54, 1.807) is 6.07 Å². The maximum atomic E-state index is 11.5. The maximum Gasteiger partial charge on any atom is 0.454 e. The SMILES string of the molecule is O=C(NN=Cc1cccc([N+](=O)[O-])c1)c1n[nH]c([N+](=O)[O-])n1. The van der Waals surface area contributed by atoms with Gasteiger partial charge < -0.3 is 10.1 Å². The molecule has 2 aromatic rings. The van der Waals surface area contributed by atoms with E-state index in [1.807, 2.05) is 10.5 Å². The van der Waals surface area contributed by atoms with Crippen LogP contribution in [0, 0.1) is 20.2 Å². The van der Waals surface area contributed by atoms with E-state index in [4.69, 9.17) is 0 Å². The lowest BCUT2D eigenvalue weighted by Gasteiger charge is -1.94. The molecule has 1 heterocycles. The fourth-order valence-electron chi connectivity index (χ4n) is 1.37. The molecule has 1 aromatic carbocycles. The van der Waals surface area contributed by atoms with Crippen molar-refractivity contribution in [3.8, 4) is 0 Å². The summed E-state index contributed by atoms with van der Waals surface area (Å²) in [5.41, 5.74) is 2.30. The highest BCUT2D eigenvalue weighted by Gasteiger charge is 2.20. The number of rotatable bonds is 5. The number of nitrogens with zero attached hydrogens (tertiary/aromatic N) is 5. The van der Waals surface area contributed by atoms with E-state index in [0.717, 1.165) is 0 Å². The standard InChI is InChI=1S/C10H7N7O5/c18-9(8-12-10(15-13-8)17(21)22)14-11-5-6-2-1-3-7(4-6)16(19)20/h1-5H,(H,14,18)(H,12,13,15). The zero-order valence-electron chi connectivity index (χ0n) is 10.7. The lowest BCUT2D eigenvalue weighted by molar-refractivity contribution is -0.394. The first-order chi connectivity index (χ1) is 10.5. The van der Waals surface area contributed by atoms with E-state index in [0.29, 0.717) is 5.56 Å². The Kier molecular flexibility index (Phi) is 4.12. The third kappa shape index (κ3) is 3.44. The number of hydrazone groups is 1. The van der Waals surface area contributed by atoms with Crippen LogP contribution in [0.4, 0.5) is 11.6 Å². The molecule has 1 aromatic heterocycles. The van der Waals surface area contributed by atoms with Crippen molar-refractivity contribution in [2.24, 2.45) is 5.10 Å². The van der Waals surface area contributed by atoms with Gasteiger partial charge in [-0.15, -0.1) is 5.10 Å². The molecule has 12 nitrogen and oxygen atoms in total. The number of benzene rings is 1. The van der Waals surface area contributed by atoms with Crippen LogP contribution in [-0.2, 0) is 0 Å². The monoisotopic (exact) mass is 305 g/mol. The first-order valence-electron chi connectivity index (χ1n) is 5.62. The number of nitro groups is 2. The third-order valence-electron chi connectivity index (χ3n) is 2.31. The average molecular weight is 305 g/mol. The number of H-pyrrole nitrogens is 1. The molecule has 112 valence electrons. The van der Waals surface area contributed by atoms with Crippen molar-refractivity contribution in [2.75, 3.05) is 0 Å². The second-order valence-electron chi connectivity index (χ2n) is 3.79. The van der Waals surface area contributed by atoms with Crippen LogP contribution in [0.3, 0.4) is 0 Å². The fraction of sp³-hybridized carbons (Fsp3) is 0. The normalized spacial score (nSPS) is 10.5. The summed E-state index contributed by atoms with van der Waals surface area (Å²) in [7, 11) is 0. The van der Waals surface area contributed by atoms with Crippen molar-refractivity contribution in [1.29, 1.82) is 0 Å². The van der Waals surface area contributed by atoms with Crippen molar-refractivity contribution in [2.45, 2.75) is 0 Å². The van der Waals surface area contributed by atoms with Crippen LogP contribution in [0.5, 0.6) is 0 Å². The molecular weight excluding hydrogens is 298 g/mol. The Hall–Kier alpha value is -3.70. The first kappa shape index (κ1) is 14.7. The molecule has 12 heteroatoms. The molecule has 0 spiro atoms. The third-order valence-corrected chi connectivity index (χ3v) is 2.31. The molecule has 0 aliphatic carbocycles. The van der Waals surface area contributed by atoms with Gasteiger partial charge in [0.05, 0.1) is 11.1 Å².